The fourth-order valence-electron chi connectivity index (χ4n) is 8.68. The van der Waals surface area contributed by atoms with Gasteiger partial charge in [-0.2, -0.15) is 0 Å². The summed E-state index contributed by atoms with van der Waals surface area (Å²) < 4.78 is 6.66. The number of fused-ring (bicyclic) bond motifs is 9. The highest BCUT2D eigenvalue weighted by Crippen LogP contribution is 2.59. The first-order valence-corrected chi connectivity index (χ1v) is 17.8. The number of rotatable bonds is 6. The van der Waals surface area contributed by atoms with E-state index in [1.807, 2.05) is 30.4 Å². The molecule has 0 unspecified atom stereocenters. The molecule has 1 nitrogen and oxygen atoms in total. The Labute approximate surface area is 303 Å². The smallest absolute Gasteiger partial charge is 0.135 e. The van der Waals surface area contributed by atoms with Crippen LogP contribution in [0, 0.1) is 19.3 Å². The lowest BCUT2D eigenvalue weighted by atomic mass is 9.76. The molecule has 5 aromatic carbocycles. The molecule has 0 fully saturated rings. The zero-order chi connectivity index (χ0) is 35.5. The van der Waals surface area contributed by atoms with Crippen LogP contribution >= 0.6 is 0 Å². The maximum absolute atomic E-state index is 6.66. The largest absolute Gasteiger partial charge is 0.456 e. The Morgan fingerprint density at radius 3 is 2.10 bits per heavy atom. The van der Waals surface area contributed by atoms with Crippen LogP contribution in [0.5, 0.6) is 5.75 Å². The standard InChI is InChI=1S/C50H42O/c1-8-10-12-13-15-20-33-21-16-17-22-34(33)47-32(3)26-27-37-39-29-42-40(30-43(39)50(6,7)48(37)47)38-28-41-35-23-18-19-24-36(35)45(25-14-11-9-2)51-46(41)31-44(38)49(42,4)5/h1,9-19,21-31H,2,20H2,3-7H3/b12-10-,14-11-,15-13-,45-25-. The third-order valence-corrected chi connectivity index (χ3v) is 11.2. The molecule has 51 heavy (non-hydrogen) atoms. The van der Waals surface area contributed by atoms with Crippen LogP contribution in [0.15, 0.2) is 140 Å². The van der Waals surface area contributed by atoms with Crippen molar-refractivity contribution in [3.8, 4) is 62.6 Å². The van der Waals surface area contributed by atoms with Gasteiger partial charge in [-0.1, -0.05) is 137 Å². The Kier molecular flexibility index (Phi) is 7.73. The molecule has 0 aromatic heterocycles. The molecule has 0 saturated carbocycles. The lowest BCUT2D eigenvalue weighted by Crippen LogP contribution is -2.18. The molecule has 1 heterocycles. The molecule has 8 rings (SSSR count). The number of ether oxygens (including phenoxy) is 1. The summed E-state index contributed by atoms with van der Waals surface area (Å²) >= 11 is 0. The normalized spacial score (nSPS) is 16.4. The lowest BCUT2D eigenvalue weighted by molar-refractivity contribution is 0.509. The van der Waals surface area contributed by atoms with Crippen molar-refractivity contribution in [3.63, 3.8) is 0 Å². The van der Waals surface area contributed by atoms with E-state index in [0.717, 1.165) is 29.1 Å². The zero-order valence-corrected chi connectivity index (χ0v) is 30.1. The molecule has 1 heteroatoms. The van der Waals surface area contributed by atoms with E-state index >= 15 is 0 Å². The summed E-state index contributed by atoms with van der Waals surface area (Å²) in [6, 6.07) is 31.8. The average molecular weight is 659 g/mol. The minimum atomic E-state index is -0.200. The van der Waals surface area contributed by atoms with Gasteiger partial charge in [0.1, 0.15) is 11.5 Å². The second kappa shape index (κ2) is 12.2. The molecule has 0 bridgehead atoms. The molecular weight excluding hydrogens is 617 g/mol. The molecule has 2 aliphatic carbocycles. The van der Waals surface area contributed by atoms with Gasteiger partial charge in [-0.05, 0) is 122 Å². The van der Waals surface area contributed by atoms with Gasteiger partial charge in [0.15, 0.2) is 0 Å². The van der Waals surface area contributed by atoms with Gasteiger partial charge in [-0.25, -0.2) is 0 Å². The predicted molar refractivity (Wildman–Crippen MR) is 216 cm³/mol. The van der Waals surface area contributed by atoms with Crippen molar-refractivity contribution in [2.75, 3.05) is 0 Å². The summed E-state index contributed by atoms with van der Waals surface area (Å²) in [7, 11) is 0. The van der Waals surface area contributed by atoms with Crippen molar-refractivity contribution in [1.29, 1.82) is 0 Å². The molecule has 0 N–H and O–H groups in total. The third-order valence-electron chi connectivity index (χ3n) is 11.2. The average Bonchev–Trinajstić information content (AvgIpc) is 3.49. The molecule has 5 aromatic rings. The number of allylic oxidation sites excluding steroid dienone is 8. The molecule has 0 amide bonds. The molecule has 3 aliphatic rings. The van der Waals surface area contributed by atoms with E-state index in [-0.39, 0.29) is 10.8 Å². The van der Waals surface area contributed by atoms with Crippen molar-refractivity contribution < 1.29 is 4.74 Å². The summed E-state index contributed by atoms with van der Waals surface area (Å²) in [5.74, 6) is 4.33. The summed E-state index contributed by atoms with van der Waals surface area (Å²) in [4.78, 5) is 0. The van der Waals surface area contributed by atoms with Crippen LogP contribution < -0.4 is 4.74 Å². The Hall–Kier alpha value is -5.84. The minimum Gasteiger partial charge on any atom is -0.456 e. The molecular formula is C50H42O. The summed E-state index contributed by atoms with van der Waals surface area (Å²) in [5, 5.41) is 0. The quantitative estimate of drug-likeness (QED) is 0.130. The van der Waals surface area contributed by atoms with Crippen molar-refractivity contribution >= 4 is 5.76 Å². The highest BCUT2D eigenvalue weighted by Gasteiger charge is 2.44. The van der Waals surface area contributed by atoms with E-state index in [4.69, 9.17) is 11.2 Å². The first kappa shape index (κ1) is 32.4. The van der Waals surface area contributed by atoms with Crippen LogP contribution in [0.2, 0.25) is 0 Å². The van der Waals surface area contributed by atoms with Crippen molar-refractivity contribution in [2.24, 2.45) is 0 Å². The number of terminal acetylenes is 1. The Morgan fingerprint density at radius 2 is 1.33 bits per heavy atom. The number of hydrogen-bond acceptors (Lipinski definition) is 1. The van der Waals surface area contributed by atoms with Crippen LogP contribution in [0.4, 0.5) is 0 Å². The third kappa shape index (κ3) is 5.01. The van der Waals surface area contributed by atoms with Gasteiger partial charge in [0.2, 0.25) is 0 Å². The molecule has 1 aliphatic heterocycles. The number of benzene rings is 5. The summed E-state index contributed by atoms with van der Waals surface area (Å²) in [5.41, 5.74) is 19.1. The summed E-state index contributed by atoms with van der Waals surface area (Å²) in [6.45, 7) is 15.6. The van der Waals surface area contributed by atoms with Crippen molar-refractivity contribution in [1.82, 2.24) is 0 Å². The van der Waals surface area contributed by atoms with E-state index in [1.165, 1.54) is 72.3 Å². The van der Waals surface area contributed by atoms with Crippen LogP contribution in [-0.2, 0) is 17.3 Å². The number of aryl methyl sites for hydroxylation is 1. The van der Waals surface area contributed by atoms with Gasteiger partial charge in [0, 0.05) is 22.0 Å². The van der Waals surface area contributed by atoms with Gasteiger partial charge in [-0.15, -0.1) is 6.42 Å². The van der Waals surface area contributed by atoms with E-state index in [2.05, 4.69) is 138 Å². The highest BCUT2D eigenvalue weighted by atomic mass is 16.5. The van der Waals surface area contributed by atoms with E-state index < -0.39 is 0 Å². The lowest BCUT2D eigenvalue weighted by Gasteiger charge is -2.27. The zero-order valence-electron chi connectivity index (χ0n) is 30.1. The van der Waals surface area contributed by atoms with Crippen molar-refractivity contribution in [3.05, 3.63) is 179 Å². The second-order valence-corrected chi connectivity index (χ2v) is 14.9. The Morgan fingerprint density at radius 1 is 0.667 bits per heavy atom. The van der Waals surface area contributed by atoms with Gasteiger partial charge in [-0.3, -0.25) is 0 Å². The first-order chi connectivity index (χ1) is 24.7. The highest BCUT2D eigenvalue weighted by molar-refractivity contribution is 5.97. The molecule has 0 atom stereocenters. The fraction of sp³-hybridized carbons (Fsp3) is 0.160. The van der Waals surface area contributed by atoms with Gasteiger partial charge < -0.3 is 4.74 Å². The first-order valence-electron chi connectivity index (χ1n) is 17.8. The maximum Gasteiger partial charge on any atom is 0.135 e. The monoisotopic (exact) mass is 658 g/mol. The fourth-order valence-corrected chi connectivity index (χ4v) is 8.68. The Balaban J connectivity index is 1.27. The van der Waals surface area contributed by atoms with Gasteiger partial charge in [0.25, 0.3) is 0 Å². The molecule has 248 valence electrons. The molecule has 0 spiro atoms. The van der Waals surface area contributed by atoms with Crippen LogP contribution in [0.25, 0.3) is 50.3 Å². The topological polar surface area (TPSA) is 9.23 Å². The Bertz CT molecular complexity index is 2450. The summed E-state index contributed by atoms with van der Waals surface area (Å²) in [6.07, 6.45) is 21.9. The molecule has 0 saturated heterocycles. The van der Waals surface area contributed by atoms with E-state index in [9.17, 15) is 0 Å². The van der Waals surface area contributed by atoms with E-state index in [0.29, 0.717) is 0 Å². The minimum absolute atomic E-state index is 0.199. The van der Waals surface area contributed by atoms with Crippen molar-refractivity contribution in [2.45, 2.75) is 51.9 Å². The maximum atomic E-state index is 6.66. The van der Waals surface area contributed by atoms with Gasteiger partial charge >= 0.3 is 0 Å². The molecule has 0 radical (unpaired) electrons. The van der Waals surface area contributed by atoms with Crippen LogP contribution in [-0.4, -0.2) is 0 Å². The van der Waals surface area contributed by atoms with Crippen LogP contribution in [0.1, 0.15) is 66.6 Å². The second-order valence-electron chi connectivity index (χ2n) is 14.9. The van der Waals surface area contributed by atoms with Crippen LogP contribution in [0.3, 0.4) is 0 Å². The SMILES string of the molecule is C#C/C=C\C=C/Cc1ccccc1-c1c(C)ccc2c1C(C)(C)c1cc3c(cc1-2)C(C)(C)c1cc2c(cc1-3)-c1ccccc1/C(=C/C=C\C=C)O2. The number of hydrogen-bond donors (Lipinski definition) is 0. The van der Waals surface area contributed by atoms with E-state index in [1.54, 1.807) is 12.2 Å². The van der Waals surface area contributed by atoms with Gasteiger partial charge in [0.05, 0.1) is 0 Å². The predicted octanol–water partition coefficient (Wildman–Crippen LogP) is 12.7.